The molecule has 3 nitrogen and oxygen atoms in total. The highest BCUT2D eigenvalue weighted by Gasteiger charge is 2.30. The van der Waals surface area contributed by atoms with Gasteiger partial charge in [0.05, 0.1) is 17.7 Å². The van der Waals surface area contributed by atoms with E-state index in [0.717, 1.165) is 0 Å². The van der Waals surface area contributed by atoms with Gasteiger partial charge in [-0.15, -0.1) is 0 Å². The molecule has 0 aliphatic heterocycles. The predicted molar refractivity (Wildman–Crippen MR) is 67.4 cm³/mol. The molecule has 0 fully saturated rings. The second kappa shape index (κ2) is 5.14. The first-order valence-electron chi connectivity index (χ1n) is 5.14. The Morgan fingerprint density at radius 3 is 2.59 bits per heavy atom. The van der Waals surface area contributed by atoms with E-state index in [4.69, 9.17) is 0 Å². The van der Waals surface area contributed by atoms with Crippen LogP contribution in [0, 0.1) is 5.82 Å². The van der Waals surface area contributed by atoms with Gasteiger partial charge in [0, 0.05) is 11.5 Å². The van der Waals surface area contributed by atoms with Crippen LogP contribution in [0.2, 0.25) is 0 Å². The molecule has 94 valence electrons. The van der Waals surface area contributed by atoms with Crippen molar-refractivity contribution in [1.29, 1.82) is 0 Å². The minimum absolute atomic E-state index is 0.0171. The van der Waals surface area contributed by atoms with Crippen LogP contribution in [0.3, 0.4) is 0 Å². The van der Waals surface area contributed by atoms with E-state index in [1.165, 1.54) is 24.1 Å². The Morgan fingerprint density at radius 1 is 1.53 bits per heavy atom. The average molecular weight is 304 g/mol. The number of rotatable bonds is 3. The number of carbonyl (C=O) groups is 1. The summed E-state index contributed by atoms with van der Waals surface area (Å²) in [4.78, 5) is 13.5. The molecule has 0 saturated heterocycles. The Kier molecular flexibility index (Phi) is 4.27. The predicted octanol–water partition coefficient (Wildman–Crippen LogP) is 2.43. The smallest absolute Gasteiger partial charge is 0.258 e. The monoisotopic (exact) mass is 303 g/mol. The zero-order valence-electron chi connectivity index (χ0n) is 10.00. The summed E-state index contributed by atoms with van der Waals surface area (Å²) < 4.78 is 14.0. The van der Waals surface area contributed by atoms with Crippen LogP contribution in [0.4, 0.5) is 4.39 Å². The Hall–Kier alpha value is -0.940. The van der Waals surface area contributed by atoms with Crippen LogP contribution in [0.1, 0.15) is 24.2 Å². The number of aliphatic hydroxyl groups excluding tert-OH is 1. The lowest BCUT2D eigenvalue weighted by Gasteiger charge is -2.34. The summed E-state index contributed by atoms with van der Waals surface area (Å²) >= 11 is 3.15. The Balaban J connectivity index is 3.14. The molecule has 0 aliphatic carbocycles. The van der Waals surface area contributed by atoms with Gasteiger partial charge in [-0.3, -0.25) is 4.79 Å². The van der Waals surface area contributed by atoms with Crippen molar-refractivity contribution in [2.24, 2.45) is 0 Å². The van der Waals surface area contributed by atoms with Crippen molar-refractivity contribution in [1.82, 2.24) is 4.90 Å². The van der Waals surface area contributed by atoms with Gasteiger partial charge in [-0.1, -0.05) is 6.07 Å². The maximum absolute atomic E-state index is 13.6. The molecule has 0 heterocycles. The van der Waals surface area contributed by atoms with Crippen molar-refractivity contribution in [3.05, 3.63) is 34.1 Å². The minimum atomic E-state index is -0.737. The van der Waals surface area contributed by atoms with E-state index in [1.807, 2.05) is 0 Å². The van der Waals surface area contributed by atoms with Crippen molar-refractivity contribution in [2.45, 2.75) is 19.4 Å². The quantitative estimate of drug-likeness (QED) is 0.932. The third-order valence-electron chi connectivity index (χ3n) is 2.78. The number of hydrogen-bond acceptors (Lipinski definition) is 2. The zero-order valence-corrected chi connectivity index (χ0v) is 11.6. The van der Waals surface area contributed by atoms with Crippen LogP contribution < -0.4 is 0 Å². The SMILES string of the molecule is CN(C(=O)c1c(F)cccc1Br)C(C)(C)CO. The van der Waals surface area contributed by atoms with Crippen molar-refractivity contribution < 1.29 is 14.3 Å². The second-order valence-electron chi connectivity index (χ2n) is 4.43. The number of hydrogen-bond donors (Lipinski definition) is 1. The third-order valence-corrected chi connectivity index (χ3v) is 3.44. The van der Waals surface area contributed by atoms with Crippen molar-refractivity contribution >= 4 is 21.8 Å². The first kappa shape index (κ1) is 14.1. The lowest BCUT2D eigenvalue weighted by atomic mass is 10.0. The maximum atomic E-state index is 13.6. The highest BCUT2D eigenvalue weighted by atomic mass is 79.9. The summed E-state index contributed by atoms with van der Waals surface area (Å²) in [6, 6.07) is 4.36. The van der Waals surface area contributed by atoms with E-state index in [1.54, 1.807) is 19.9 Å². The first-order chi connectivity index (χ1) is 7.81. The largest absolute Gasteiger partial charge is 0.394 e. The number of amides is 1. The highest BCUT2D eigenvalue weighted by molar-refractivity contribution is 9.10. The molecule has 0 unspecified atom stereocenters. The molecular formula is C12H15BrFNO2. The molecule has 0 aromatic heterocycles. The minimum Gasteiger partial charge on any atom is -0.394 e. The number of halogens is 2. The fraction of sp³-hybridized carbons (Fsp3) is 0.417. The summed E-state index contributed by atoms with van der Waals surface area (Å²) in [6.07, 6.45) is 0. The van der Waals surface area contributed by atoms with E-state index in [-0.39, 0.29) is 12.2 Å². The molecule has 17 heavy (non-hydrogen) atoms. The van der Waals surface area contributed by atoms with Crippen molar-refractivity contribution in [3.63, 3.8) is 0 Å². The highest BCUT2D eigenvalue weighted by Crippen LogP contribution is 2.23. The molecule has 5 heteroatoms. The van der Waals surface area contributed by atoms with Gasteiger partial charge in [-0.05, 0) is 41.9 Å². The van der Waals surface area contributed by atoms with Crippen LogP contribution in [0.5, 0.6) is 0 Å². The van der Waals surface area contributed by atoms with E-state index in [2.05, 4.69) is 15.9 Å². The summed E-state index contributed by atoms with van der Waals surface area (Å²) in [5.41, 5.74) is -0.754. The molecular weight excluding hydrogens is 289 g/mol. The fourth-order valence-electron chi connectivity index (χ4n) is 1.25. The lowest BCUT2D eigenvalue weighted by Crippen LogP contribution is -2.48. The molecule has 0 spiro atoms. The third kappa shape index (κ3) is 2.84. The molecule has 1 N–H and O–H groups in total. The van der Waals surface area contributed by atoms with Gasteiger partial charge in [0.15, 0.2) is 0 Å². The van der Waals surface area contributed by atoms with Crippen LogP contribution in [-0.2, 0) is 0 Å². The topological polar surface area (TPSA) is 40.5 Å². The molecule has 1 aromatic carbocycles. The number of carbonyl (C=O) groups excluding carboxylic acids is 1. The van der Waals surface area contributed by atoms with Crippen LogP contribution in [0.25, 0.3) is 0 Å². The van der Waals surface area contributed by atoms with Gasteiger partial charge in [0.25, 0.3) is 5.91 Å². The van der Waals surface area contributed by atoms with Crippen LogP contribution in [-0.4, -0.2) is 35.1 Å². The Labute approximate surface area is 108 Å². The standard InChI is InChI=1S/C12H15BrFNO2/c1-12(2,7-16)15(3)11(17)10-8(13)5-4-6-9(10)14/h4-6,16H,7H2,1-3H3. The van der Waals surface area contributed by atoms with E-state index >= 15 is 0 Å². The Morgan fingerprint density at radius 2 is 2.12 bits per heavy atom. The molecule has 1 rings (SSSR count). The molecule has 0 saturated carbocycles. The van der Waals surface area contributed by atoms with Crippen molar-refractivity contribution in [3.8, 4) is 0 Å². The summed E-state index contributed by atoms with van der Waals surface area (Å²) in [5.74, 6) is -1.04. The van der Waals surface area contributed by atoms with Gasteiger partial charge in [-0.25, -0.2) is 4.39 Å². The fourth-order valence-corrected chi connectivity index (χ4v) is 1.76. The van der Waals surface area contributed by atoms with E-state index in [9.17, 15) is 14.3 Å². The van der Waals surface area contributed by atoms with Gasteiger partial charge in [0.2, 0.25) is 0 Å². The number of aliphatic hydroxyl groups is 1. The first-order valence-corrected chi connectivity index (χ1v) is 5.93. The normalized spacial score (nSPS) is 11.4. The number of nitrogens with zero attached hydrogens (tertiary/aromatic N) is 1. The zero-order chi connectivity index (χ0) is 13.2. The van der Waals surface area contributed by atoms with Gasteiger partial charge >= 0.3 is 0 Å². The average Bonchev–Trinajstić information content (AvgIpc) is 2.27. The van der Waals surface area contributed by atoms with Crippen LogP contribution in [0.15, 0.2) is 22.7 Å². The van der Waals surface area contributed by atoms with Crippen LogP contribution >= 0.6 is 15.9 Å². The molecule has 0 radical (unpaired) electrons. The number of benzene rings is 1. The second-order valence-corrected chi connectivity index (χ2v) is 5.29. The molecule has 1 amide bonds. The molecule has 1 aromatic rings. The summed E-state index contributed by atoms with van der Waals surface area (Å²) in [5, 5.41) is 9.20. The van der Waals surface area contributed by atoms with Gasteiger partial charge in [-0.2, -0.15) is 0 Å². The van der Waals surface area contributed by atoms with Gasteiger partial charge < -0.3 is 10.0 Å². The summed E-state index contributed by atoms with van der Waals surface area (Å²) in [6.45, 7) is 3.22. The molecule has 0 atom stereocenters. The Bertz CT molecular complexity index is 414. The van der Waals surface area contributed by atoms with Crippen molar-refractivity contribution in [2.75, 3.05) is 13.7 Å². The maximum Gasteiger partial charge on any atom is 0.258 e. The van der Waals surface area contributed by atoms with E-state index < -0.39 is 17.3 Å². The molecule has 0 aliphatic rings. The lowest BCUT2D eigenvalue weighted by molar-refractivity contribution is 0.0468. The van der Waals surface area contributed by atoms with Gasteiger partial charge in [0.1, 0.15) is 5.82 Å². The summed E-state index contributed by atoms with van der Waals surface area (Å²) in [7, 11) is 1.54. The molecule has 0 bridgehead atoms. The number of likely N-dealkylation sites (N-methyl/N-ethyl adjacent to an activating group) is 1. The van der Waals surface area contributed by atoms with E-state index in [0.29, 0.717) is 4.47 Å².